The van der Waals surface area contributed by atoms with Crippen LogP contribution in [0.2, 0.25) is 0 Å². The zero-order valence-electron chi connectivity index (χ0n) is 14.7. The average molecular weight is 352 g/mol. The van der Waals surface area contributed by atoms with Crippen LogP contribution >= 0.6 is 0 Å². The van der Waals surface area contributed by atoms with E-state index < -0.39 is 9.84 Å². The Balaban J connectivity index is 1.88. The Morgan fingerprint density at radius 1 is 1.25 bits per heavy atom. The average Bonchev–Trinajstić information content (AvgIpc) is 2.59. The van der Waals surface area contributed by atoms with Gasteiger partial charge in [0.15, 0.2) is 15.8 Å². The Bertz CT molecular complexity index is 621. The third-order valence-corrected chi connectivity index (χ3v) is 6.17. The van der Waals surface area contributed by atoms with Crippen molar-refractivity contribution >= 4 is 15.8 Å². The van der Waals surface area contributed by atoms with Crippen molar-refractivity contribution in [2.24, 2.45) is 10.9 Å². The predicted molar refractivity (Wildman–Crippen MR) is 99.1 cm³/mol. The van der Waals surface area contributed by atoms with Crippen LogP contribution in [0.3, 0.4) is 0 Å². The molecule has 1 aliphatic rings. The summed E-state index contributed by atoms with van der Waals surface area (Å²) in [6.07, 6.45) is 2.91. The fourth-order valence-corrected chi connectivity index (χ4v) is 4.15. The Kier molecular flexibility index (Phi) is 7.09. The second-order valence-corrected chi connectivity index (χ2v) is 8.50. The van der Waals surface area contributed by atoms with Crippen LogP contribution in [0, 0.1) is 5.92 Å². The smallest absolute Gasteiger partial charge is 0.193 e. The first-order valence-corrected chi connectivity index (χ1v) is 10.5. The first-order chi connectivity index (χ1) is 11.5. The van der Waals surface area contributed by atoms with Crippen LogP contribution in [-0.2, 0) is 9.84 Å². The van der Waals surface area contributed by atoms with Crippen LogP contribution in [-0.4, -0.2) is 51.2 Å². The molecule has 1 aromatic rings. The van der Waals surface area contributed by atoms with Crippen LogP contribution in [0.4, 0.5) is 0 Å². The van der Waals surface area contributed by atoms with Gasteiger partial charge in [0, 0.05) is 26.2 Å². The monoisotopic (exact) mass is 351 g/mol. The molecule has 2 rings (SSSR count). The van der Waals surface area contributed by atoms with E-state index in [0.717, 1.165) is 31.5 Å². The zero-order chi connectivity index (χ0) is 17.4. The number of nitrogens with one attached hydrogen (secondary N) is 1. The minimum atomic E-state index is -3.21. The predicted octanol–water partition coefficient (Wildman–Crippen LogP) is 2.55. The normalized spacial score (nSPS) is 17.1. The first-order valence-electron chi connectivity index (χ1n) is 8.84. The van der Waals surface area contributed by atoms with Crippen molar-refractivity contribution in [2.45, 2.75) is 38.0 Å². The molecule has 24 heavy (non-hydrogen) atoms. The lowest BCUT2D eigenvalue weighted by atomic mass is 10.00. The molecule has 0 atom stereocenters. The molecule has 0 spiro atoms. The van der Waals surface area contributed by atoms with Gasteiger partial charge < -0.3 is 10.2 Å². The molecule has 1 aromatic carbocycles. The number of sulfone groups is 1. The van der Waals surface area contributed by atoms with Gasteiger partial charge >= 0.3 is 0 Å². The van der Waals surface area contributed by atoms with E-state index in [1.807, 2.05) is 6.07 Å². The number of hydrogen-bond donors (Lipinski definition) is 1. The highest BCUT2D eigenvalue weighted by Crippen LogP contribution is 2.16. The summed E-state index contributed by atoms with van der Waals surface area (Å²) in [4.78, 5) is 7.31. The molecule has 6 heteroatoms. The molecule has 1 aliphatic heterocycles. The van der Waals surface area contributed by atoms with Gasteiger partial charge in [-0.2, -0.15) is 0 Å². The van der Waals surface area contributed by atoms with Crippen molar-refractivity contribution in [1.82, 2.24) is 10.2 Å². The molecule has 134 valence electrons. The Morgan fingerprint density at radius 2 is 1.92 bits per heavy atom. The standard InChI is InChI=1S/C18H29N3O2S/c1-3-19-18(21-13-10-16(2)11-14-21)20-12-7-15-24(22,23)17-8-5-4-6-9-17/h4-6,8-9,16H,3,7,10-15H2,1-2H3,(H,19,20). The lowest BCUT2D eigenvalue weighted by Gasteiger charge is -2.33. The van der Waals surface area contributed by atoms with Gasteiger partial charge in [-0.1, -0.05) is 25.1 Å². The van der Waals surface area contributed by atoms with Gasteiger partial charge in [-0.3, -0.25) is 4.99 Å². The molecule has 1 N–H and O–H groups in total. The lowest BCUT2D eigenvalue weighted by molar-refractivity contribution is 0.273. The molecule has 1 heterocycles. The molecule has 0 radical (unpaired) electrons. The van der Waals surface area contributed by atoms with Crippen LogP contribution in [0.25, 0.3) is 0 Å². The minimum Gasteiger partial charge on any atom is -0.357 e. The molecule has 0 amide bonds. The topological polar surface area (TPSA) is 61.8 Å². The number of likely N-dealkylation sites (tertiary alicyclic amines) is 1. The Morgan fingerprint density at radius 3 is 2.54 bits per heavy atom. The highest BCUT2D eigenvalue weighted by molar-refractivity contribution is 7.91. The number of guanidine groups is 1. The van der Waals surface area contributed by atoms with E-state index in [2.05, 4.69) is 29.1 Å². The molecule has 0 aliphatic carbocycles. The van der Waals surface area contributed by atoms with Crippen molar-refractivity contribution in [3.05, 3.63) is 30.3 Å². The van der Waals surface area contributed by atoms with E-state index in [-0.39, 0.29) is 5.75 Å². The molecular weight excluding hydrogens is 322 g/mol. The maximum Gasteiger partial charge on any atom is 0.193 e. The van der Waals surface area contributed by atoms with Gasteiger partial charge in [-0.05, 0) is 44.2 Å². The van der Waals surface area contributed by atoms with Gasteiger partial charge in [-0.15, -0.1) is 0 Å². The number of benzene rings is 1. The first kappa shape index (κ1) is 18.8. The zero-order valence-corrected chi connectivity index (χ0v) is 15.6. The second-order valence-electron chi connectivity index (χ2n) is 6.39. The molecule has 1 fully saturated rings. The summed E-state index contributed by atoms with van der Waals surface area (Å²) in [7, 11) is -3.21. The van der Waals surface area contributed by atoms with E-state index in [9.17, 15) is 8.42 Å². The third kappa shape index (κ3) is 5.51. The molecule has 1 saturated heterocycles. The van der Waals surface area contributed by atoms with Crippen molar-refractivity contribution in [2.75, 3.05) is 31.9 Å². The molecule has 0 bridgehead atoms. The summed E-state index contributed by atoms with van der Waals surface area (Å²) >= 11 is 0. The summed E-state index contributed by atoms with van der Waals surface area (Å²) < 4.78 is 24.5. The second kappa shape index (κ2) is 9.06. The third-order valence-electron chi connectivity index (χ3n) is 4.35. The van der Waals surface area contributed by atoms with Crippen molar-refractivity contribution < 1.29 is 8.42 Å². The summed E-state index contributed by atoms with van der Waals surface area (Å²) in [6.45, 7) is 7.75. The largest absolute Gasteiger partial charge is 0.357 e. The van der Waals surface area contributed by atoms with Gasteiger partial charge in [-0.25, -0.2) is 8.42 Å². The van der Waals surface area contributed by atoms with E-state index in [0.29, 0.717) is 17.9 Å². The maximum absolute atomic E-state index is 12.3. The van der Waals surface area contributed by atoms with Gasteiger partial charge in [0.25, 0.3) is 0 Å². The molecule has 5 nitrogen and oxygen atoms in total. The number of nitrogens with zero attached hydrogens (tertiary/aromatic N) is 2. The maximum atomic E-state index is 12.3. The fourth-order valence-electron chi connectivity index (χ4n) is 2.83. The Labute approximate surface area is 146 Å². The lowest BCUT2D eigenvalue weighted by Crippen LogP contribution is -2.45. The quantitative estimate of drug-likeness (QED) is 0.486. The minimum absolute atomic E-state index is 0.136. The van der Waals surface area contributed by atoms with Gasteiger partial charge in [0.1, 0.15) is 0 Å². The summed E-state index contributed by atoms with van der Waals surface area (Å²) in [5, 5.41) is 3.32. The van der Waals surface area contributed by atoms with Gasteiger partial charge in [0.05, 0.1) is 10.6 Å². The molecule has 0 saturated carbocycles. The van der Waals surface area contributed by atoms with E-state index in [1.54, 1.807) is 24.3 Å². The number of piperidine rings is 1. The SMILES string of the molecule is CCNC(=NCCCS(=O)(=O)c1ccccc1)N1CCC(C)CC1. The molecule has 0 aromatic heterocycles. The Hall–Kier alpha value is -1.56. The number of aliphatic imine (C=N–C) groups is 1. The van der Waals surface area contributed by atoms with Crippen LogP contribution in [0.5, 0.6) is 0 Å². The van der Waals surface area contributed by atoms with Crippen LogP contribution in [0.1, 0.15) is 33.1 Å². The molecular formula is C18H29N3O2S. The van der Waals surface area contributed by atoms with E-state index >= 15 is 0 Å². The summed E-state index contributed by atoms with van der Waals surface area (Å²) in [5.74, 6) is 1.83. The summed E-state index contributed by atoms with van der Waals surface area (Å²) in [6, 6.07) is 8.64. The fraction of sp³-hybridized carbons (Fsp3) is 0.611. The van der Waals surface area contributed by atoms with Crippen molar-refractivity contribution in [1.29, 1.82) is 0 Å². The van der Waals surface area contributed by atoms with Crippen molar-refractivity contribution in [3.8, 4) is 0 Å². The van der Waals surface area contributed by atoms with Crippen LogP contribution < -0.4 is 5.32 Å². The van der Waals surface area contributed by atoms with E-state index in [1.165, 1.54) is 12.8 Å². The van der Waals surface area contributed by atoms with Crippen LogP contribution in [0.15, 0.2) is 40.2 Å². The molecule has 0 unspecified atom stereocenters. The summed E-state index contributed by atoms with van der Waals surface area (Å²) in [5.41, 5.74) is 0. The van der Waals surface area contributed by atoms with E-state index in [4.69, 9.17) is 0 Å². The highest BCUT2D eigenvalue weighted by Gasteiger charge is 2.18. The van der Waals surface area contributed by atoms with Crippen molar-refractivity contribution in [3.63, 3.8) is 0 Å². The number of rotatable bonds is 6. The number of hydrogen-bond acceptors (Lipinski definition) is 3. The highest BCUT2D eigenvalue weighted by atomic mass is 32.2. The van der Waals surface area contributed by atoms with Gasteiger partial charge in [0.2, 0.25) is 0 Å².